The first-order chi connectivity index (χ1) is 10.6. The topological polar surface area (TPSA) is 46.9 Å². The summed E-state index contributed by atoms with van der Waals surface area (Å²) in [4.78, 5) is 16.7. The van der Waals surface area contributed by atoms with Crippen molar-refractivity contribution < 1.29 is 4.79 Å². The molecule has 0 aliphatic rings. The van der Waals surface area contributed by atoms with Gasteiger partial charge in [-0.2, -0.15) is 0 Å². The van der Waals surface area contributed by atoms with E-state index in [0.29, 0.717) is 17.1 Å². The van der Waals surface area contributed by atoms with Crippen molar-refractivity contribution in [2.45, 2.75) is 13.5 Å². The summed E-state index contributed by atoms with van der Waals surface area (Å²) in [6, 6.07) is 13.0. The maximum atomic E-state index is 12.3. The second kappa shape index (κ2) is 5.81. The quantitative estimate of drug-likeness (QED) is 0.805. The van der Waals surface area contributed by atoms with Crippen LogP contribution in [0.25, 0.3) is 11.0 Å². The first-order valence-corrected chi connectivity index (χ1v) is 7.39. The molecule has 3 aromatic rings. The predicted molar refractivity (Wildman–Crippen MR) is 88.1 cm³/mol. The van der Waals surface area contributed by atoms with E-state index in [2.05, 4.69) is 10.3 Å². The van der Waals surface area contributed by atoms with E-state index >= 15 is 0 Å². The van der Waals surface area contributed by atoms with Gasteiger partial charge in [-0.25, -0.2) is 4.98 Å². The van der Waals surface area contributed by atoms with Gasteiger partial charge in [-0.05, 0) is 36.8 Å². The number of benzene rings is 2. The number of rotatable bonds is 3. The highest BCUT2D eigenvalue weighted by atomic mass is 35.5. The number of halogens is 1. The number of aryl methyl sites for hydroxylation is 2. The molecule has 4 nitrogen and oxygen atoms in total. The fraction of sp³-hybridized carbons (Fsp3) is 0.176. The third kappa shape index (κ3) is 2.70. The Hall–Kier alpha value is -2.33. The Bertz CT molecular complexity index is 854. The molecule has 0 atom stereocenters. The molecule has 0 spiro atoms. The van der Waals surface area contributed by atoms with Crippen molar-refractivity contribution in [2.75, 3.05) is 0 Å². The monoisotopic (exact) mass is 313 g/mol. The molecule has 0 saturated heterocycles. The fourth-order valence-corrected chi connectivity index (χ4v) is 2.58. The number of hydrogen-bond donors (Lipinski definition) is 1. The smallest absolute Gasteiger partial charge is 0.251 e. The van der Waals surface area contributed by atoms with Crippen molar-refractivity contribution in [3.63, 3.8) is 0 Å². The molecule has 5 heteroatoms. The molecule has 1 N–H and O–H groups in total. The number of carbonyl (C=O) groups is 1. The number of fused-ring (bicyclic) bond motifs is 1. The van der Waals surface area contributed by atoms with Crippen molar-refractivity contribution in [1.29, 1.82) is 0 Å². The summed E-state index contributed by atoms with van der Waals surface area (Å²) in [5.74, 6) is 0.786. The molecule has 0 aliphatic heterocycles. The standard InChI is InChI=1S/C17H16ClN3O/c1-11-20-15-9-12(7-8-16(15)21(11)2)17(22)19-10-13-5-3-4-6-14(13)18/h3-9H,10H2,1-2H3,(H,19,22). The molecule has 22 heavy (non-hydrogen) atoms. The summed E-state index contributed by atoms with van der Waals surface area (Å²) < 4.78 is 2.00. The van der Waals surface area contributed by atoms with Gasteiger partial charge in [0.25, 0.3) is 5.91 Å². The van der Waals surface area contributed by atoms with Crippen LogP contribution in [0.5, 0.6) is 0 Å². The van der Waals surface area contributed by atoms with Crippen LogP contribution >= 0.6 is 11.6 Å². The van der Waals surface area contributed by atoms with Crippen LogP contribution in [0, 0.1) is 6.92 Å². The lowest BCUT2D eigenvalue weighted by Crippen LogP contribution is -2.22. The minimum absolute atomic E-state index is 0.134. The van der Waals surface area contributed by atoms with Crippen molar-refractivity contribution >= 4 is 28.5 Å². The van der Waals surface area contributed by atoms with Crippen molar-refractivity contribution in [1.82, 2.24) is 14.9 Å². The van der Waals surface area contributed by atoms with Crippen LogP contribution in [-0.2, 0) is 13.6 Å². The van der Waals surface area contributed by atoms with Crippen LogP contribution < -0.4 is 5.32 Å². The molecule has 112 valence electrons. The van der Waals surface area contributed by atoms with Crippen LogP contribution in [0.2, 0.25) is 5.02 Å². The number of carbonyl (C=O) groups excluding carboxylic acids is 1. The maximum absolute atomic E-state index is 12.3. The third-order valence-electron chi connectivity index (χ3n) is 3.76. The van der Waals surface area contributed by atoms with Gasteiger partial charge in [0, 0.05) is 24.2 Å². The zero-order valence-electron chi connectivity index (χ0n) is 12.4. The van der Waals surface area contributed by atoms with E-state index in [4.69, 9.17) is 11.6 Å². The van der Waals surface area contributed by atoms with Gasteiger partial charge in [0.2, 0.25) is 0 Å². The molecule has 1 heterocycles. The predicted octanol–water partition coefficient (Wildman–Crippen LogP) is 3.47. The Balaban J connectivity index is 1.79. The van der Waals surface area contributed by atoms with Crippen LogP contribution in [0.4, 0.5) is 0 Å². The van der Waals surface area contributed by atoms with Crippen LogP contribution in [0.15, 0.2) is 42.5 Å². The molecular formula is C17H16ClN3O. The highest BCUT2D eigenvalue weighted by Crippen LogP contribution is 2.17. The first-order valence-electron chi connectivity index (χ1n) is 7.01. The highest BCUT2D eigenvalue weighted by Gasteiger charge is 2.10. The SMILES string of the molecule is Cc1nc2cc(C(=O)NCc3ccccc3Cl)ccc2n1C. The summed E-state index contributed by atoms with van der Waals surface area (Å²) in [7, 11) is 1.96. The van der Waals surface area contributed by atoms with Gasteiger partial charge in [-0.15, -0.1) is 0 Å². The number of imidazole rings is 1. The van der Waals surface area contributed by atoms with Gasteiger partial charge in [-0.1, -0.05) is 29.8 Å². The molecule has 0 radical (unpaired) electrons. The molecule has 0 saturated carbocycles. The van der Waals surface area contributed by atoms with Crippen molar-refractivity contribution in [3.05, 3.63) is 64.4 Å². The Morgan fingerprint density at radius 2 is 2.05 bits per heavy atom. The molecule has 1 amide bonds. The number of aromatic nitrogens is 2. The Morgan fingerprint density at radius 3 is 2.82 bits per heavy atom. The van der Waals surface area contributed by atoms with E-state index in [-0.39, 0.29) is 5.91 Å². The minimum Gasteiger partial charge on any atom is -0.348 e. The number of amides is 1. The second-order valence-electron chi connectivity index (χ2n) is 5.20. The van der Waals surface area contributed by atoms with E-state index in [1.165, 1.54) is 0 Å². The van der Waals surface area contributed by atoms with Gasteiger partial charge in [0.1, 0.15) is 5.82 Å². The molecule has 2 aromatic carbocycles. The van der Waals surface area contributed by atoms with Crippen LogP contribution in [0.3, 0.4) is 0 Å². The fourth-order valence-electron chi connectivity index (χ4n) is 2.38. The van der Waals surface area contributed by atoms with Gasteiger partial charge < -0.3 is 9.88 Å². The van der Waals surface area contributed by atoms with E-state index in [1.54, 1.807) is 0 Å². The van der Waals surface area contributed by atoms with Crippen molar-refractivity contribution in [2.24, 2.45) is 7.05 Å². The highest BCUT2D eigenvalue weighted by molar-refractivity contribution is 6.31. The van der Waals surface area contributed by atoms with Crippen molar-refractivity contribution in [3.8, 4) is 0 Å². The zero-order chi connectivity index (χ0) is 15.7. The Kier molecular flexibility index (Phi) is 3.86. The lowest BCUT2D eigenvalue weighted by atomic mass is 10.1. The average molecular weight is 314 g/mol. The van der Waals surface area contributed by atoms with Gasteiger partial charge in [0.15, 0.2) is 0 Å². The maximum Gasteiger partial charge on any atom is 0.251 e. The molecule has 0 unspecified atom stereocenters. The number of hydrogen-bond acceptors (Lipinski definition) is 2. The largest absolute Gasteiger partial charge is 0.348 e. The molecule has 1 aromatic heterocycles. The molecule has 0 aliphatic carbocycles. The van der Waals surface area contributed by atoms with E-state index in [9.17, 15) is 4.79 Å². The summed E-state index contributed by atoms with van der Waals surface area (Å²) in [6.45, 7) is 2.34. The number of nitrogens with one attached hydrogen (secondary N) is 1. The van der Waals surface area contributed by atoms with E-state index in [0.717, 1.165) is 22.4 Å². The summed E-state index contributed by atoms with van der Waals surface area (Å²) >= 11 is 6.09. The van der Waals surface area contributed by atoms with E-state index in [1.807, 2.05) is 61.0 Å². The molecule has 0 bridgehead atoms. The summed E-state index contributed by atoms with van der Waals surface area (Å²) in [6.07, 6.45) is 0. The molecular weight excluding hydrogens is 298 g/mol. The van der Waals surface area contributed by atoms with E-state index < -0.39 is 0 Å². The minimum atomic E-state index is -0.134. The van der Waals surface area contributed by atoms with Crippen LogP contribution in [-0.4, -0.2) is 15.5 Å². The zero-order valence-corrected chi connectivity index (χ0v) is 13.2. The Labute approximate surface area is 133 Å². The van der Waals surface area contributed by atoms with Gasteiger partial charge in [0.05, 0.1) is 11.0 Å². The summed E-state index contributed by atoms with van der Waals surface area (Å²) in [5, 5.41) is 3.54. The lowest BCUT2D eigenvalue weighted by molar-refractivity contribution is 0.0951. The normalized spacial score (nSPS) is 10.9. The average Bonchev–Trinajstić information content (AvgIpc) is 2.80. The first kappa shape index (κ1) is 14.6. The second-order valence-corrected chi connectivity index (χ2v) is 5.60. The summed E-state index contributed by atoms with van der Waals surface area (Å²) in [5.41, 5.74) is 3.33. The number of nitrogens with zero attached hydrogens (tertiary/aromatic N) is 2. The molecule has 0 fully saturated rings. The lowest BCUT2D eigenvalue weighted by Gasteiger charge is -2.07. The molecule has 3 rings (SSSR count). The third-order valence-corrected chi connectivity index (χ3v) is 4.13. The Morgan fingerprint density at radius 1 is 1.27 bits per heavy atom. The van der Waals surface area contributed by atoms with Gasteiger partial charge in [-0.3, -0.25) is 4.79 Å². The van der Waals surface area contributed by atoms with Gasteiger partial charge >= 0.3 is 0 Å². The van der Waals surface area contributed by atoms with Crippen LogP contribution in [0.1, 0.15) is 21.7 Å².